The van der Waals surface area contributed by atoms with E-state index in [2.05, 4.69) is 21.4 Å². The fourth-order valence-electron chi connectivity index (χ4n) is 2.13. The number of aromatic nitrogens is 2. The van der Waals surface area contributed by atoms with Crippen molar-refractivity contribution in [2.24, 2.45) is 0 Å². The first-order valence-electron chi connectivity index (χ1n) is 7.17. The highest BCUT2D eigenvalue weighted by Gasteiger charge is 2.15. The van der Waals surface area contributed by atoms with E-state index in [0.717, 1.165) is 5.56 Å². The number of nitrogen functional groups attached to an aromatic ring is 1. The SMILES string of the molecule is N#Cc1ccc(-c2cnc(N)c(C(=O)Nc3ccccc3)n2)cc1.[HH].[HH]. The number of hydrogen-bond acceptors (Lipinski definition) is 5. The van der Waals surface area contributed by atoms with Crippen LogP contribution in [0.3, 0.4) is 0 Å². The van der Waals surface area contributed by atoms with Gasteiger partial charge in [-0.3, -0.25) is 4.79 Å². The quantitative estimate of drug-likeness (QED) is 0.770. The summed E-state index contributed by atoms with van der Waals surface area (Å²) in [6.07, 6.45) is 1.50. The van der Waals surface area contributed by atoms with Crippen molar-refractivity contribution in [2.45, 2.75) is 0 Å². The number of nitriles is 1. The number of para-hydroxylation sites is 1. The molecule has 6 nitrogen and oxygen atoms in total. The summed E-state index contributed by atoms with van der Waals surface area (Å²) in [4.78, 5) is 20.7. The second kappa shape index (κ2) is 6.58. The maximum Gasteiger partial charge on any atom is 0.278 e. The number of carbonyl (C=O) groups is 1. The van der Waals surface area contributed by atoms with Crippen molar-refractivity contribution >= 4 is 17.4 Å². The summed E-state index contributed by atoms with van der Waals surface area (Å²) < 4.78 is 0. The van der Waals surface area contributed by atoms with Crippen molar-refractivity contribution in [1.29, 1.82) is 5.26 Å². The number of anilines is 2. The molecule has 0 spiro atoms. The average molecular weight is 319 g/mol. The monoisotopic (exact) mass is 319 g/mol. The van der Waals surface area contributed by atoms with Gasteiger partial charge in [-0.2, -0.15) is 5.26 Å². The zero-order valence-electron chi connectivity index (χ0n) is 12.6. The largest absolute Gasteiger partial charge is 0.382 e. The second-order valence-corrected chi connectivity index (χ2v) is 5.00. The van der Waals surface area contributed by atoms with E-state index in [1.165, 1.54) is 6.20 Å². The Balaban J connectivity index is 0.00000169. The topological polar surface area (TPSA) is 105 Å². The van der Waals surface area contributed by atoms with Gasteiger partial charge in [-0.1, -0.05) is 30.3 Å². The zero-order valence-corrected chi connectivity index (χ0v) is 12.6. The number of benzene rings is 2. The third kappa shape index (κ3) is 3.20. The van der Waals surface area contributed by atoms with Crippen LogP contribution in [0, 0.1) is 11.3 Å². The molecule has 0 fully saturated rings. The van der Waals surface area contributed by atoms with Crippen molar-refractivity contribution in [1.82, 2.24) is 9.97 Å². The molecular weight excluding hydrogens is 302 g/mol. The first kappa shape index (κ1) is 15.2. The highest BCUT2D eigenvalue weighted by Crippen LogP contribution is 2.19. The van der Waals surface area contributed by atoms with Crippen molar-refractivity contribution in [3.05, 3.63) is 72.1 Å². The van der Waals surface area contributed by atoms with Crippen LogP contribution in [0.15, 0.2) is 60.8 Å². The number of carbonyl (C=O) groups excluding carboxylic acids is 1. The van der Waals surface area contributed by atoms with Gasteiger partial charge < -0.3 is 11.1 Å². The molecule has 0 radical (unpaired) electrons. The molecule has 24 heavy (non-hydrogen) atoms. The summed E-state index contributed by atoms with van der Waals surface area (Å²) in [5, 5.41) is 11.6. The molecule has 2 aromatic carbocycles. The number of nitrogens with two attached hydrogens (primary N) is 1. The zero-order chi connectivity index (χ0) is 16.9. The lowest BCUT2D eigenvalue weighted by Crippen LogP contribution is -2.17. The van der Waals surface area contributed by atoms with Crippen LogP contribution >= 0.6 is 0 Å². The minimum absolute atomic E-state index is 0. The van der Waals surface area contributed by atoms with Crippen LogP contribution in [0.25, 0.3) is 11.3 Å². The molecule has 3 N–H and O–H groups in total. The Morgan fingerprint density at radius 3 is 2.50 bits per heavy atom. The molecule has 0 saturated carbocycles. The Morgan fingerprint density at radius 2 is 1.83 bits per heavy atom. The van der Waals surface area contributed by atoms with E-state index < -0.39 is 5.91 Å². The van der Waals surface area contributed by atoms with E-state index in [1.54, 1.807) is 36.4 Å². The van der Waals surface area contributed by atoms with E-state index in [0.29, 0.717) is 16.9 Å². The second-order valence-electron chi connectivity index (χ2n) is 5.00. The molecule has 0 atom stereocenters. The first-order valence-corrected chi connectivity index (χ1v) is 7.17. The minimum Gasteiger partial charge on any atom is -0.382 e. The van der Waals surface area contributed by atoms with Gasteiger partial charge in [-0.05, 0) is 24.3 Å². The molecule has 0 aliphatic rings. The van der Waals surface area contributed by atoms with E-state index in [9.17, 15) is 4.79 Å². The average Bonchev–Trinajstić information content (AvgIpc) is 2.63. The number of nitrogens with one attached hydrogen (secondary N) is 1. The molecule has 120 valence electrons. The number of nitrogens with zero attached hydrogens (tertiary/aromatic N) is 3. The lowest BCUT2D eigenvalue weighted by molar-refractivity contribution is 0.102. The predicted octanol–water partition coefficient (Wildman–Crippen LogP) is 3.34. The van der Waals surface area contributed by atoms with Gasteiger partial charge in [0, 0.05) is 14.1 Å². The first-order chi connectivity index (χ1) is 11.7. The van der Waals surface area contributed by atoms with Crippen LogP contribution in [-0.4, -0.2) is 15.9 Å². The van der Waals surface area contributed by atoms with Crippen LogP contribution < -0.4 is 11.1 Å². The van der Waals surface area contributed by atoms with Gasteiger partial charge in [0.1, 0.15) is 0 Å². The molecule has 0 aliphatic heterocycles. The summed E-state index contributed by atoms with van der Waals surface area (Å²) in [6.45, 7) is 0. The molecule has 0 saturated heterocycles. The highest BCUT2D eigenvalue weighted by molar-refractivity contribution is 6.05. The predicted molar refractivity (Wildman–Crippen MR) is 95.2 cm³/mol. The van der Waals surface area contributed by atoms with Crippen molar-refractivity contribution in [2.75, 3.05) is 11.1 Å². The molecular formula is C18H17N5O. The lowest BCUT2D eigenvalue weighted by atomic mass is 10.1. The molecule has 6 heteroatoms. The summed E-state index contributed by atoms with van der Waals surface area (Å²) >= 11 is 0. The standard InChI is InChI=1S/C18H13N5O.2H2/c19-10-12-6-8-13(9-7-12)15-11-21-17(20)16(23-15)18(24)22-14-4-2-1-3-5-14;;/h1-9,11H,(H2,20,21)(H,22,24);2*1H. The van der Waals surface area contributed by atoms with Crippen LogP contribution in [0.4, 0.5) is 11.5 Å². The van der Waals surface area contributed by atoms with Crippen LogP contribution in [0.1, 0.15) is 18.9 Å². The molecule has 1 aromatic heterocycles. The fraction of sp³-hybridized carbons (Fsp3) is 0. The van der Waals surface area contributed by atoms with E-state index in [1.807, 2.05) is 18.2 Å². The molecule has 0 aliphatic carbocycles. The van der Waals surface area contributed by atoms with Crippen molar-refractivity contribution in [3.63, 3.8) is 0 Å². The van der Waals surface area contributed by atoms with Crippen molar-refractivity contribution in [3.8, 4) is 17.3 Å². The molecule has 3 rings (SSSR count). The lowest BCUT2D eigenvalue weighted by Gasteiger charge is -2.08. The summed E-state index contributed by atoms with van der Waals surface area (Å²) in [5.41, 5.74) is 8.29. The van der Waals surface area contributed by atoms with Crippen molar-refractivity contribution < 1.29 is 7.65 Å². The molecule has 3 aromatic rings. The normalized spacial score (nSPS) is 9.96. The molecule has 0 bridgehead atoms. The van der Waals surface area contributed by atoms with E-state index >= 15 is 0 Å². The number of amides is 1. The van der Waals surface area contributed by atoms with Gasteiger partial charge in [-0.25, -0.2) is 9.97 Å². The Labute approximate surface area is 141 Å². The summed E-state index contributed by atoms with van der Waals surface area (Å²) in [7, 11) is 0. The summed E-state index contributed by atoms with van der Waals surface area (Å²) in [6, 6.07) is 17.9. The van der Waals surface area contributed by atoms with E-state index in [4.69, 9.17) is 11.0 Å². The maximum atomic E-state index is 12.4. The smallest absolute Gasteiger partial charge is 0.278 e. The van der Waals surface area contributed by atoms with Crippen LogP contribution in [0.5, 0.6) is 0 Å². The fourth-order valence-corrected chi connectivity index (χ4v) is 2.13. The third-order valence-corrected chi connectivity index (χ3v) is 3.36. The van der Waals surface area contributed by atoms with Gasteiger partial charge in [0.2, 0.25) is 0 Å². The minimum atomic E-state index is -0.429. The molecule has 1 heterocycles. The Bertz CT molecular complexity index is 925. The maximum absolute atomic E-state index is 12.4. The number of hydrogen-bond donors (Lipinski definition) is 2. The Kier molecular flexibility index (Phi) is 4.17. The molecule has 1 amide bonds. The van der Waals surface area contributed by atoms with E-state index in [-0.39, 0.29) is 14.4 Å². The van der Waals surface area contributed by atoms with Crippen LogP contribution in [-0.2, 0) is 0 Å². The van der Waals surface area contributed by atoms with Gasteiger partial charge in [0.05, 0.1) is 23.5 Å². The third-order valence-electron chi connectivity index (χ3n) is 3.36. The Morgan fingerprint density at radius 1 is 1.12 bits per heavy atom. The number of rotatable bonds is 3. The van der Waals surface area contributed by atoms with Crippen LogP contribution in [0.2, 0.25) is 0 Å². The van der Waals surface area contributed by atoms with Gasteiger partial charge in [0.25, 0.3) is 5.91 Å². The highest BCUT2D eigenvalue weighted by atomic mass is 16.1. The van der Waals surface area contributed by atoms with Gasteiger partial charge in [0.15, 0.2) is 11.5 Å². The summed E-state index contributed by atoms with van der Waals surface area (Å²) in [5.74, 6) is -0.373. The molecule has 0 unspecified atom stereocenters. The Hall–Kier alpha value is -3.72. The van der Waals surface area contributed by atoms with Gasteiger partial charge >= 0.3 is 0 Å². The van der Waals surface area contributed by atoms with Gasteiger partial charge in [-0.15, -0.1) is 0 Å².